The van der Waals surface area contributed by atoms with E-state index in [-0.39, 0.29) is 6.04 Å². The zero-order chi connectivity index (χ0) is 19.2. The van der Waals surface area contributed by atoms with E-state index in [9.17, 15) is 0 Å². The van der Waals surface area contributed by atoms with Crippen molar-refractivity contribution in [3.63, 3.8) is 0 Å². The van der Waals surface area contributed by atoms with Crippen LogP contribution < -0.4 is 15.0 Å². The smallest absolute Gasteiger partial charge is 0.226 e. The van der Waals surface area contributed by atoms with Crippen molar-refractivity contribution in [2.45, 2.75) is 32.2 Å². The van der Waals surface area contributed by atoms with E-state index in [0.717, 1.165) is 49.6 Å². The quantitative estimate of drug-likeness (QED) is 0.703. The van der Waals surface area contributed by atoms with Crippen LogP contribution in [0.5, 0.6) is 11.6 Å². The van der Waals surface area contributed by atoms with Gasteiger partial charge in [-0.15, -0.1) is 0 Å². The Kier molecular flexibility index (Phi) is 5.61. The molecule has 1 fully saturated rings. The van der Waals surface area contributed by atoms with Crippen LogP contribution in [0.3, 0.4) is 0 Å². The highest BCUT2D eigenvalue weighted by Crippen LogP contribution is 2.22. The van der Waals surface area contributed by atoms with Gasteiger partial charge in [-0.1, -0.05) is 25.1 Å². The van der Waals surface area contributed by atoms with Gasteiger partial charge in [-0.05, 0) is 31.4 Å². The molecule has 0 bridgehead atoms. The second kappa shape index (κ2) is 8.65. The lowest BCUT2D eigenvalue weighted by Gasteiger charge is -2.34. The average Bonchev–Trinajstić information content (AvgIpc) is 2.75. The van der Waals surface area contributed by atoms with Crippen LogP contribution in [0.4, 0.5) is 11.8 Å². The van der Waals surface area contributed by atoms with Crippen molar-refractivity contribution in [3.05, 3.63) is 60.7 Å². The van der Waals surface area contributed by atoms with Crippen molar-refractivity contribution in [3.8, 4) is 11.6 Å². The standard InChI is InChI=1S/C21H24N6O/c1-2-16-13-19(24-15-23-16)27-12-6-7-17(14-27)25-21-22-11-10-20(26-21)28-18-8-4-3-5-9-18/h3-5,8-11,13,15,17H,2,6-7,12,14H2,1H3,(H,22,25,26)/t17-/m0/s1. The normalized spacial score (nSPS) is 16.6. The molecular weight excluding hydrogens is 352 g/mol. The third-order valence-corrected chi connectivity index (χ3v) is 4.75. The summed E-state index contributed by atoms with van der Waals surface area (Å²) < 4.78 is 5.81. The van der Waals surface area contributed by atoms with Gasteiger partial charge in [0.25, 0.3) is 0 Å². The third-order valence-electron chi connectivity index (χ3n) is 4.75. The Morgan fingerprint density at radius 2 is 2.04 bits per heavy atom. The molecule has 3 aromatic rings. The second-order valence-corrected chi connectivity index (χ2v) is 6.78. The molecule has 0 amide bonds. The molecule has 1 atom stereocenters. The summed E-state index contributed by atoms with van der Waals surface area (Å²) in [5, 5.41) is 3.45. The van der Waals surface area contributed by atoms with Gasteiger partial charge in [0.15, 0.2) is 0 Å². The van der Waals surface area contributed by atoms with Crippen LogP contribution in [0.2, 0.25) is 0 Å². The Morgan fingerprint density at radius 1 is 1.14 bits per heavy atom. The van der Waals surface area contributed by atoms with Gasteiger partial charge < -0.3 is 15.0 Å². The lowest BCUT2D eigenvalue weighted by atomic mass is 10.1. The predicted octanol–water partition coefficient (Wildman–Crippen LogP) is 3.70. The molecule has 7 nitrogen and oxygen atoms in total. The van der Waals surface area contributed by atoms with Crippen LogP contribution in [0.1, 0.15) is 25.5 Å². The van der Waals surface area contributed by atoms with E-state index in [2.05, 4.69) is 43.1 Å². The van der Waals surface area contributed by atoms with E-state index in [0.29, 0.717) is 11.8 Å². The van der Waals surface area contributed by atoms with Crippen molar-refractivity contribution >= 4 is 11.8 Å². The fraction of sp³-hybridized carbons (Fsp3) is 0.333. The lowest BCUT2D eigenvalue weighted by molar-refractivity contribution is 0.461. The number of piperidine rings is 1. The van der Waals surface area contributed by atoms with E-state index in [4.69, 9.17) is 4.74 Å². The molecule has 0 radical (unpaired) electrons. The number of benzene rings is 1. The molecule has 0 unspecified atom stereocenters. The number of para-hydroxylation sites is 1. The van der Waals surface area contributed by atoms with E-state index in [1.165, 1.54) is 0 Å². The number of ether oxygens (including phenoxy) is 1. The largest absolute Gasteiger partial charge is 0.439 e. The highest BCUT2D eigenvalue weighted by Gasteiger charge is 2.22. The molecule has 1 aromatic carbocycles. The van der Waals surface area contributed by atoms with Crippen LogP contribution in [-0.4, -0.2) is 39.1 Å². The first kappa shape index (κ1) is 18.2. The summed E-state index contributed by atoms with van der Waals surface area (Å²) in [7, 11) is 0. The summed E-state index contributed by atoms with van der Waals surface area (Å²) in [5.74, 6) is 2.85. The van der Waals surface area contributed by atoms with Gasteiger partial charge in [0, 0.05) is 43.2 Å². The molecule has 28 heavy (non-hydrogen) atoms. The molecular formula is C21H24N6O. The molecule has 0 aliphatic carbocycles. The summed E-state index contributed by atoms with van der Waals surface area (Å²) in [6.45, 7) is 3.96. The molecule has 7 heteroatoms. The van der Waals surface area contributed by atoms with Crippen LogP contribution >= 0.6 is 0 Å². The number of hydrogen-bond acceptors (Lipinski definition) is 7. The van der Waals surface area contributed by atoms with E-state index >= 15 is 0 Å². The molecule has 0 spiro atoms. The predicted molar refractivity (Wildman–Crippen MR) is 109 cm³/mol. The highest BCUT2D eigenvalue weighted by molar-refractivity contribution is 5.41. The molecule has 3 heterocycles. The van der Waals surface area contributed by atoms with Gasteiger partial charge in [-0.3, -0.25) is 0 Å². The Morgan fingerprint density at radius 3 is 2.89 bits per heavy atom. The van der Waals surface area contributed by atoms with Crippen molar-refractivity contribution in [1.29, 1.82) is 0 Å². The Labute approximate surface area is 164 Å². The van der Waals surface area contributed by atoms with Crippen molar-refractivity contribution in [2.75, 3.05) is 23.3 Å². The van der Waals surface area contributed by atoms with E-state index in [1.54, 1.807) is 18.6 Å². The molecule has 0 saturated carbocycles. The first-order valence-electron chi connectivity index (χ1n) is 9.68. The fourth-order valence-corrected chi connectivity index (χ4v) is 3.32. The average molecular weight is 376 g/mol. The SMILES string of the molecule is CCc1cc(N2CCC[C@H](Nc3nccc(Oc4ccccc4)n3)C2)ncn1. The topological polar surface area (TPSA) is 76.1 Å². The first-order valence-corrected chi connectivity index (χ1v) is 9.68. The van der Waals surface area contributed by atoms with Gasteiger partial charge in [0.2, 0.25) is 11.8 Å². The van der Waals surface area contributed by atoms with Crippen molar-refractivity contribution in [2.24, 2.45) is 0 Å². The summed E-state index contributed by atoms with van der Waals surface area (Å²) in [6.07, 6.45) is 6.43. The number of nitrogens with one attached hydrogen (secondary N) is 1. The molecule has 2 aromatic heterocycles. The van der Waals surface area contributed by atoms with Gasteiger partial charge in [-0.2, -0.15) is 4.98 Å². The second-order valence-electron chi connectivity index (χ2n) is 6.78. The van der Waals surface area contributed by atoms with E-state index in [1.807, 2.05) is 30.3 Å². The van der Waals surface area contributed by atoms with Gasteiger partial charge >= 0.3 is 0 Å². The summed E-state index contributed by atoms with van der Waals surface area (Å²) in [6, 6.07) is 13.7. The minimum atomic E-state index is 0.251. The lowest BCUT2D eigenvalue weighted by Crippen LogP contribution is -2.42. The highest BCUT2D eigenvalue weighted by atomic mass is 16.5. The van der Waals surface area contributed by atoms with Crippen LogP contribution in [0.15, 0.2) is 55.0 Å². The monoisotopic (exact) mass is 376 g/mol. The number of rotatable bonds is 6. The molecule has 144 valence electrons. The number of hydrogen-bond donors (Lipinski definition) is 1. The molecule has 1 N–H and O–H groups in total. The Balaban J connectivity index is 1.41. The summed E-state index contributed by atoms with van der Waals surface area (Å²) >= 11 is 0. The van der Waals surface area contributed by atoms with Crippen LogP contribution in [0.25, 0.3) is 0 Å². The number of aryl methyl sites for hydroxylation is 1. The number of anilines is 2. The fourth-order valence-electron chi connectivity index (χ4n) is 3.32. The Bertz CT molecular complexity index is 904. The number of nitrogens with zero attached hydrogens (tertiary/aromatic N) is 5. The first-order chi connectivity index (χ1) is 13.8. The zero-order valence-electron chi connectivity index (χ0n) is 16.0. The van der Waals surface area contributed by atoms with Gasteiger partial charge in [-0.25, -0.2) is 15.0 Å². The van der Waals surface area contributed by atoms with Crippen LogP contribution in [0, 0.1) is 0 Å². The minimum absolute atomic E-state index is 0.251. The van der Waals surface area contributed by atoms with Gasteiger partial charge in [0.05, 0.1) is 0 Å². The zero-order valence-corrected chi connectivity index (χ0v) is 16.0. The van der Waals surface area contributed by atoms with Crippen molar-refractivity contribution in [1.82, 2.24) is 19.9 Å². The molecule has 1 aliphatic rings. The van der Waals surface area contributed by atoms with Crippen LogP contribution in [-0.2, 0) is 6.42 Å². The number of aromatic nitrogens is 4. The summed E-state index contributed by atoms with van der Waals surface area (Å²) in [4.78, 5) is 19.9. The maximum Gasteiger partial charge on any atom is 0.226 e. The maximum absolute atomic E-state index is 5.81. The molecule has 1 aliphatic heterocycles. The molecule has 1 saturated heterocycles. The minimum Gasteiger partial charge on any atom is -0.439 e. The van der Waals surface area contributed by atoms with Gasteiger partial charge in [0.1, 0.15) is 17.9 Å². The maximum atomic E-state index is 5.81. The van der Waals surface area contributed by atoms with E-state index < -0.39 is 0 Å². The Hall–Kier alpha value is -3.22. The van der Waals surface area contributed by atoms with Crippen molar-refractivity contribution < 1.29 is 4.74 Å². The summed E-state index contributed by atoms with van der Waals surface area (Å²) in [5.41, 5.74) is 1.06. The third kappa shape index (κ3) is 4.54. The molecule has 4 rings (SSSR count).